The SMILES string of the molecule is CC(CNC(=O)c1cc(C(F)(F)F)ccc1N)C(C)(C)C. The van der Waals surface area contributed by atoms with Gasteiger partial charge in [-0.25, -0.2) is 0 Å². The highest BCUT2D eigenvalue weighted by Gasteiger charge is 2.31. The van der Waals surface area contributed by atoms with Crippen molar-refractivity contribution in [3.05, 3.63) is 29.3 Å². The minimum absolute atomic E-state index is 0.00730. The molecular weight excluding hydrogens is 281 g/mol. The van der Waals surface area contributed by atoms with Crippen molar-refractivity contribution >= 4 is 11.6 Å². The van der Waals surface area contributed by atoms with Crippen molar-refractivity contribution in [1.29, 1.82) is 0 Å². The van der Waals surface area contributed by atoms with Gasteiger partial charge in [0.25, 0.3) is 5.91 Å². The van der Waals surface area contributed by atoms with Gasteiger partial charge in [-0.2, -0.15) is 13.2 Å². The van der Waals surface area contributed by atoms with Crippen molar-refractivity contribution in [3.63, 3.8) is 0 Å². The number of halogens is 3. The lowest BCUT2D eigenvalue weighted by atomic mass is 9.82. The van der Waals surface area contributed by atoms with Crippen LogP contribution in [0.25, 0.3) is 0 Å². The molecule has 0 saturated carbocycles. The summed E-state index contributed by atoms with van der Waals surface area (Å²) in [7, 11) is 0. The fourth-order valence-corrected chi connectivity index (χ4v) is 1.58. The van der Waals surface area contributed by atoms with Crippen LogP contribution in [0.3, 0.4) is 0 Å². The average molecular weight is 302 g/mol. The van der Waals surface area contributed by atoms with E-state index in [4.69, 9.17) is 5.73 Å². The molecule has 0 fully saturated rings. The first-order chi connectivity index (χ1) is 9.43. The van der Waals surface area contributed by atoms with Crippen LogP contribution in [0.2, 0.25) is 0 Å². The quantitative estimate of drug-likeness (QED) is 0.836. The lowest BCUT2D eigenvalue weighted by Gasteiger charge is -2.27. The van der Waals surface area contributed by atoms with E-state index in [9.17, 15) is 18.0 Å². The van der Waals surface area contributed by atoms with Gasteiger partial charge in [0.2, 0.25) is 0 Å². The maximum Gasteiger partial charge on any atom is 0.416 e. The molecule has 1 aromatic rings. The molecule has 0 aliphatic rings. The summed E-state index contributed by atoms with van der Waals surface area (Å²) >= 11 is 0. The van der Waals surface area contributed by atoms with E-state index in [0.29, 0.717) is 6.54 Å². The zero-order valence-corrected chi connectivity index (χ0v) is 12.6. The van der Waals surface area contributed by atoms with E-state index in [1.807, 2.05) is 27.7 Å². The van der Waals surface area contributed by atoms with E-state index in [2.05, 4.69) is 5.32 Å². The first-order valence-corrected chi connectivity index (χ1v) is 6.68. The molecule has 0 aromatic heterocycles. The highest BCUT2D eigenvalue weighted by Crippen LogP contribution is 2.31. The van der Waals surface area contributed by atoms with Crippen LogP contribution < -0.4 is 11.1 Å². The molecule has 6 heteroatoms. The molecule has 3 N–H and O–H groups in total. The molecule has 0 spiro atoms. The number of rotatable bonds is 3. The summed E-state index contributed by atoms with van der Waals surface area (Å²) in [4.78, 5) is 12.0. The molecule has 0 radical (unpaired) electrons. The van der Waals surface area contributed by atoms with Crippen molar-refractivity contribution in [2.75, 3.05) is 12.3 Å². The van der Waals surface area contributed by atoms with Gasteiger partial charge in [0, 0.05) is 12.2 Å². The van der Waals surface area contributed by atoms with Crippen LogP contribution in [0, 0.1) is 11.3 Å². The number of alkyl halides is 3. The van der Waals surface area contributed by atoms with E-state index in [1.54, 1.807) is 0 Å². The van der Waals surface area contributed by atoms with Crippen molar-refractivity contribution < 1.29 is 18.0 Å². The fraction of sp³-hybridized carbons (Fsp3) is 0.533. The second-order valence-corrected chi connectivity index (χ2v) is 6.28. The van der Waals surface area contributed by atoms with Gasteiger partial charge in [-0.15, -0.1) is 0 Å². The molecule has 1 unspecified atom stereocenters. The van der Waals surface area contributed by atoms with Gasteiger partial charge < -0.3 is 11.1 Å². The number of nitrogens with one attached hydrogen (secondary N) is 1. The van der Waals surface area contributed by atoms with Crippen LogP contribution in [0.4, 0.5) is 18.9 Å². The minimum Gasteiger partial charge on any atom is -0.398 e. The minimum atomic E-state index is -4.50. The molecule has 0 bridgehead atoms. The van der Waals surface area contributed by atoms with E-state index >= 15 is 0 Å². The fourth-order valence-electron chi connectivity index (χ4n) is 1.58. The van der Waals surface area contributed by atoms with Gasteiger partial charge in [-0.05, 0) is 29.5 Å². The Kier molecular flexibility index (Phi) is 4.91. The largest absolute Gasteiger partial charge is 0.416 e. The number of hydrogen-bond donors (Lipinski definition) is 2. The van der Waals surface area contributed by atoms with Gasteiger partial charge >= 0.3 is 6.18 Å². The molecule has 0 aliphatic heterocycles. The van der Waals surface area contributed by atoms with Crippen molar-refractivity contribution in [1.82, 2.24) is 5.32 Å². The third-order valence-electron chi connectivity index (χ3n) is 3.67. The molecule has 3 nitrogen and oxygen atoms in total. The number of anilines is 1. The van der Waals surface area contributed by atoms with E-state index in [1.165, 1.54) is 0 Å². The predicted octanol–water partition coefficient (Wildman–Crippen LogP) is 3.70. The Morgan fingerprint density at radius 1 is 1.29 bits per heavy atom. The third-order valence-corrected chi connectivity index (χ3v) is 3.67. The van der Waals surface area contributed by atoms with Gasteiger partial charge in [-0.1, -0.05) is 27.7 Å². The van der Waals surface area contributed by atoms with E-state index in [-0.39, 0.29) is 22.6 Å². The Hall–Kier alpha value is -1.72. The molecule has 0 heterocycles. The van der Waals surface area contributed by atoms with Crippen LogP contribution >= 0.6 is 0 Å². The first-order valence-electron chi connectivity index (χ1n) is 6.68. The van der Waals surface area contributed by atoms with Crippen LogP contribution in [-0.2, 0) is 6.18 Å². The van der Waals surface area contributed by atoms with Gasteiger partial charge in [0.05, 0.1) is 11.1 Å². The molecule has 0 aliphatic carbocycles. The van der Waals surface area contributed by atoms with E-state index in [0.717, 1.165) is 18.2 Å². The predicted molar refractivity (Wildman–Crippen MR) is 76.8 cm³/mol. The molecule has 1 amide bonds. The van der Waals surface area contributed by atoms with E-state index < -0.39 is 17.6 Å². The van der Waals surface area contributed by atoms with Crippen LogP contribution in [-0.4, -0.2) is 12.5 Å². The van der Waals surface area contributed by atoms with Crippen LogP contribution in [0.1, 0.15) is 43.6 Å². The second-order valence-electron chi connectivity index (χ2n) is 6.28. The smallest absolute Gasteiger partial charge is 0.398 e. The average Bonchev–Trinajstić information content (AvgIpc) is 2.33. The molecule has 0 saturated heterocycles. The summed E-state index contributed by atoms with van der Waals surface area (Å²) < 4.78 is 38.0. The Bertz CT molecular complexity index is 519. The first kappa shape index (κ1) is 17.3. The normalized spacial score (nSPS) is 13.9. The summed E-state index contributed by atoms with van der Waals surface area (Å²) in [6.07, 6.45) is -4.50. The Morgan fingerprint density at radius 2 is 1.86 bits per heavy atom. The summed E-state index contributed by atoms with van der Waals surface area (Å²) in [5, 5.41) is 2.64. The lowest BCUT2D eigenvalue weighted by Crippen LogP contribution is -2.34. The van der Waals surface area contributed by atoms with Crippen LogP contribution in [0.15, 0.2) is 18.2 Å². The highest BCUT2D eigenvalue weighted by atomic mass is 19.4. The number of carbonyl (C=O) groups is 1. The maximum absolute atomic E-state index is 12.7. The number of hydrogen-bond acceptors (Lipinski definition) is 2. The zero-order chi connectivity index (χ0) is 16.4. The Morgan fingerprint density at radius 3 is 2.33 bits per heavy atom. The number of nitrogens with two attached hydrogens (primary N) is 1. The summed E-state index contributed by atoms with van der Waals surface area (Å²) in [5.41, 5.74) is 4.59. The van der Waals surface area contributed by atoms with Crippen molar-refractivity contribution in [3.8, 4) is 0 Å². The topological polar surface area (TPSA) is 55.1 Å². The number of nitrogen functional groups attached to an aromatic ring is 1. The monoisotopic (exact) mass is 302 g/mol. The lowest BCUT2D eigenvalue weighted by molar-refractivity contribution is -0.137. The van der Waals surface area contributed by atoms with Gasteiger partial charge in [0.15, 0.2) is 0 Å². The maximum atomic E-state index is 12.7. The Balaban J connectivity index is 2.88. The molecule has 1 rings (SSSR count). The summed E-state index contributed by atoms with van der Waals surface area (Å²) in [6, 6.07) is 2.75. The summed E-state index contributed by atoms with van der Waals surface area (Å²) in [6.45, 7) is 8.43. The molecule has 1 atom stereocenters. The summed E-state index contributed by atoms with van der Waals surface area (Å²) in [5.74, 6) is -0.414. The number of benzene rings is 1. The van der Waals surface area contributed by atoms with Crippen molar-refractivity contribution in [2.24, 2.45) is 11.3 Å². The number of carbonyl (C=O) groups excluding carboxylic acids is 1. The second kappa shape index (κ2) is 5.95. The van der Waals surface area contributed by atoms with Crippen LogP contribution in [0.5, 0.6) is 0 Å². The number of amides is 1. The zero-order valence-electron chi connectivity index (χ0n) is 12.6. The van der Waals surface area contributed by atoms with Crippen molar-refractivity contribution in [2.45, 2.75) is 33.9 Å². The molecule has 1 aromatic carbocycles. The molecule has 21 heavy (non-hydrogen) atoms. The highest BCUT2D eigenvalue weighted by molar-refractivity contribution is 5.99. The van der Waals surface area contributed by atoms with Gasteiger partial charge in [0.1, 0.15) is 0 Å². The Labute approximate surface area is 122 Å². The third kappa shape index (κ3) is 4.65. The standard InChI is InChI=1S/C15H21F3N2O/c1-9(14(2,3)4)8-20-13(21)11-7-10(15(16,17)18)5-6-12(11)19/h5-7,9H,8,19H2,1-4H3,(H,20,21). The molecule has 118 valence electrons. The molecular formula is C15H21F3N2O. The van der Waals surface area contributed by atoms with Gasteiger partial charge in [-0.3, -0.25) is 4.79 Å².